The second kappa shape index (κ2) is 5.18. The number of carboxylic acids is 1. The van der Waals surface area contributed by atoms with Gasteiger partial charge in [0.15, 0.2) is 0 Å². The predicted molar refractivity (Wildman–Crippen MR) is 83.6 cm³/mol. The summed E-state index contributed by atoms with van der Waals surface area (Å²) in [5, 5.41) is 9.07. The second-order valence-electron chi connectivity index (χ2n) is 5.27. The topological polar surface area (TPSA) is 63.8 Å². The van der Waals surface area contributed by atoms with Gasteiger partial charge in [0, 0.05) is 18.0 Å². The van der Waals surface area contributed by atoms with Crippen LogP contribution in [-0.2, 0) is 0 Å². The van der Waals surface area contributed by atoms with Gasteiger partial charge in [0.25, 0.3) is 0 Å². The molecule has 0 spiro atoms. The number of aromatic carboxylic acids is 1. The number of methoxy groups -OCH3 is 1. The average Bonchev–Trinajstić information content (AvgIpc) is 2.89. The number of aromatic nitrogens is 2. The first-order valence-corrected chi connectivity index (χ1v) is 6.87. The standard InChI is InChI=1S/C17H16N2O3/c1-10-6-11(2)16(22-3)13(7-10)14-9-19-5-4-12(17(20)21)8-15(19)18-14/h4-9H,1-3H3,(H,20,21). The first-order chi connectivity index (χ1) is 10.5. The van der Waals surface area contributed by atoms with E-state index >= 15 is 0 Å². The third-order valence-electron chi connectivity index (χ3n) is 3.61. The predicted octanol–water partition coefficient (Wildman–Crippen LogP) is 3.32. The first-order valence-electron chi connectivity index (χ1n) is 6.87. The molecule has 0 unspecified atom stereocenters. The van der Waals surface area contributed by atoms with Crippen LogP contribution in [0.3, 0.4) is 0 Å². The summed E-state index contributed by atoms with van der Waals surface area (Å²) >= 11 is 0. The van der Waals surface area contributed by atoms with Crippen molar-refractivity contribution in [3.05, 3.63) is 53.3 Å². The minimum absolute atomic E-state index is 0.219. The van der Waals surface area contributed by atoms with Gasteiger partial charge in [-0.3, -0.25) is 0 Å². The number of imidazole rings is 1. The number of ether oxygens (including phenoxy) is 1. The number of rotatable bonds is 3. The summed E-state index contributed by atoms with van der Waals surface area (Å²) in [6, 6.07) is 7.19. The normalized spacial score (nSPS) is 10.9. The van der Waals surface area contributed by atoms with Crippen LogP contribution in [0.5, 0.6) is 5.75 Å². The van der Waals surface area contributed by atoms with E-state index < -0.39 is 5.97 Å². The van der Waals surface area contributed by atoms with Crippen LogP contribution in [0.2, 0.25) is 0 Å². The van der Waals surface area contributed by atoms with Crippen LogP contribution in [0, 0.1) is 13.8 Å². The molecule has 0 saturated carbocycles. The molecular formula is C17H16N2O3. The maximum absolute atomic E-state index is 11.1. The Morgan fingerprint density at radius 1 is 1.27 bits per heavy atom. The molecule has 3 aromatic rings. The minimum atomic E-state index is -0.962. The number of fused-ring (bicyclic) bond motifs is 1. The Bertz CT molecular complexity index is 881. The zero-order chi connectivity index (χ0) is 15.9. The number of benzene rings is 1. The number of aryl methyl sites for hydroxylation is 2. The number of hydrogen-bond acceptors (Lipinski definition) is 3. The van der Waals surface area contributed by atoms with Crippen molar-refractivity contribution in [1.29, 1.82) is 0 Å². The SMILES string of the molecule is COc1c(C)cc(C)cc1-c1cn2ccc(C(=O)O)cc2n1. The minimum Gasteiger partial charge on any atom is -0.496 e. The van der Waals surface area contributed by atoms with Crippen LogP contribution in [0.25, 0.3) is 16.9 Å². The summed E-state index contributed by atoms with van der Waals surface area (Å²) in [4.78, 5) is 15.6. The smallest absolute Gasteiger partial charge is 0.335 e. The summed E-state index contributed by atoms with van der Waals surface area (Å²) in [7, 11) is 1.64. The summed E-state index contributed by atoms with van der Waals surface area (Å²) in [6.07, 6.45) is 3.57. The van der Waals surface area contributed by atoms with Crippen LogP contribution in [-0.4, -0.2) is 27.6 Å². The molecule has 0 radical (unpaired) electrons. The van der Waals surface area contributed by atoms with Crippen molar-refractivity contribution in [2.24, 2.45) is 0 Å². The van der Waals surface area contributed by atoms with E-state index in [2.05, 4.69) is 11.1 Å². The maximum atomic E-state index is 11.1. The van der Waals surface area contributed by atoms with Gasteiger partial charge in [-0.25, -0.2) is 9.78 Å². The van der Waals surface area contributed by atoms with E-state index in [0.717, 1.165) is 28.1 Å². The van der Waals surface area contributed by atoms with Crippen molar-refractivity contribution < 1.29 is 14.6 Å². The van der Waals surface area contributed by atoms with Gasteiger partial charge in [0.1, 0.15) is 11.4 Å². The number of hydrogen-bond donors (Lipinski definition) is 1. The molecule has 112 valence electrons. The van der Waals surface area contributed by atoms with E-state index in [4.69, 9.17) is 9.84 Å². The molecule has 0 aliphatic heterocycles. The molecule has 2 aromatic heterocycles. The van der Waals surface area contributed by atoms with Gasteiger partial charge >= 0.3 is 5.97 Å². The monoisotopic (exact) mass is 296 g/mol. The Kier molecular flexibility index (Phi) is 3.33. The quantitative estimate of drug-likeness (QED) is 0.805. The van der Waals surface area contributed by atoms with Crippen molar-refractivity contribution >= 4 is 11.6 Å². The van der Waals surface area contributed by atoms with E-state index in [1.54, 1.807) is 29.8 Å². The van der Waals surface area contributed by atoms with Crippen molar-refractivity contribution in [1.82, 2.24) is 9.38 Å². The Labute approximate surface area is 127 Å². The number of carbonyl (C=O) groups is 1. The lowest BCUT2D eigenvalue weighted by Gasteiger charge is -2.10. The molecule has 3 rings (SSSR count). The molecule has 1 N–H and O–H groups in total. The van der Waals surface area contributed by atoms with Crippen molar-refractivity contribution in [3.8, 4) is 17.0 Å². The van der Waals surface area contributed by atoms with Gasteiger partial charge < -0.3 is 14.2 Å². The van der Waals surface area contributed by atoms with E-state index in [0.29, 0.717) is 5.65 Å². The van der Waals surface area contributed by atoms with Gasteiger partial charge in [0.05, 0.1) is 18.4 Å². The lowest BCUT2D eigenvalue weighted by atomic mass is 10.0. The third-order valence-corrected chi connectivity index (χ3v) is 3.61. The third kappa shape index (κ3) is 2.30. The molecule has 0 amide bonds. The zero-order valence-electron chi connectivity index (χ0n) is 12.6. The molecule has 0 aliphatic rings. The van der Waals surface area contributed by atoms with Crippen molar-refractivity contribution in [3.63, 3.8) is 0 Å². The second-order valence-corrected chi connectivity index (χ2v) is 5.27. The van der Waals surface area contributed by atoms with E-state index in [9.17, 15) is 4.79 Å². The molecule has 0 atom stereocenters. The molecule has 0 saturated heterocycles. The Balaban J connectivity index is 2.20. The first kappa shape index (κ1) is 14.1. The van der Waals surface area contributed by atoms with Gasteiger partial charge in [-0.15, -0.1) is 0 Å². The molecule has 5 heteroatoms. The lowest BCUT2D eigenvalue weighted by molar-refractivity contribution is 0.0697. The summed E-state index contributed by atoms with van der Waals surface area (Å²) < 4.78 is 7.30. The van der Waals surface area contributed by atoms with Crippen LogP contribution < -0.4 is 4.74 Å². The maximum Gasteiger partial charge on any atom is 0.335 e. The number of pyridine rings is 1. The molecule has 0 fully saturated rings. The molecule has 0 bridgehead atoms. The summed E-state index contributed by atoms with van der Waals surface area (Å²) in [5.74, 6) is -0.177. The van der Waals surface area contributed by atoms with E-state index in [1.165, 1.54) is 0 Å². The zero-order valence-corrected chi connectivity index (χ0v) is 12.6. The molecule has 22 heavy (non-hydrogen) atoms. The Morgan fingerprint density at radius 3 is 2.73 bits per heavy atom. The van der Waals surface area contributed by atoms with Gasteiger partial charge in [-0.2, -0.15) is 0 Å². The Morgan fingerprint density at radius 2 is 2.05 bits per heavy atom. The van der Waals surface area contributed by atoms with Gasteiger partial charge in [0.2, 0.25) is 0 Å². The molecule has 5 nitrogen and oxygen atoms in total. The van der Waals surface area contributed by atoms with Crippen LogP contribution in [0.15, 0.2) is 36.7 Å². The van der Waals surface area contributed by atoms with Crippen LogP contribution >= 0.6 is 0 Å². The van der Waals surface area contributed by atoms with E-state index in [1.807, 2.05) is 26.1 Å². The highest BCUT2D eigenvalue weighted by Crippen LogP contribution is 2.33. The fourth-order valence-electron chi connectivity index (χ4n) is 2.66. The highest BCUT2D eigenvalue weighted by molar-refractivity contribution is 5.88. The van der Waals surface area contributed by atoms with Crippen LogP contribution in [0.1, 0.15) is 21.5 Å². The summed E-state index contributed by atoms with van der Waals surface area (Å²) in [5.41, 5.74) is 4.64. The number of nitrogens with zero attached hydrogens (tertiary/aromatic N) is 2. The lowest BCUT2D eigenvalue weighted by Crippen LogP contribution is -1.96. The highest BCUT2D eigenvalue weighted by Gasteiger charge is 2.14. The van der Waals surface area contributed by atoms with Gasteiger partial charge in [-0.05, 0) is 43.2 Å². The largest absolute Gasteiger partial charge is 0.496 e. The Hall–Kier alpha value is -2.82. The van der Waals surface area contributed by atoms with Crippen molar-refractivity contribution in [2.75, 3.05) is 7.11 Å². The summed E-state index contributed by atoms with van der Waals surface area (Å²) in [6.45, 7) is 4.02. The van der Waals surface area contributed by atoms with Gasteiger partial charge in [-0.1, -0.05) is 6.07 Å². The molecule has 2 heterocycles. The highest BCUT2D eigenvalue weighted by atomic mass is 16.5. The van der Waals surface area contributed by atoms with E-state index in [-0.39, 0.29) is 5.56 Å². The fraction of sp³-hybridized carbons (Fsp3) is 0.176. The van der Waals surface area contributed by atoms with Crippen molar-refractivity contribution in [2.45, 2.75) is 13.8 Å². The molecule has 0 aliphatic carbocycles. The molecule has 1 aromatic carbocycles. The molecular weight excluding hydrogens is 280 g/mol. The fourth-order valence-corrected chi connectivity index (χ4v) is 2.66. The average molecular weight is 296 g/mol. The van der Waals surface area contributed by atoms with Crippen LogP contribution in [0.4, 0.5) is 0 Å². The number of carboxylic acid groups (broad SMARTS) is 1.